The molecule has 0 radical (unpaired) electrons. The molecule has 0 aliphatic rings. The zero-order valence-corrected chi connectivity index (χ0v) is 10.6. The zero-order chi connectivity index (χ0) is 15.6. The average Bonchev–Trinajstić information content (AvgIpc) is 2.33. The van der Waals surface area contributed by atoms with E-state index in [0.717, 1.165) is 12.1 Å². The molecule has 1 atom stereocenters. The summed E-state index contributed by atoms with van der Waals surface area (Å²) in [5, 5.41) is 2.67. The van der Waals surface area contributed by atoms with E-state index in [2.05, 4.69) is 11.9 Å². The predicted octanol–water partition coefficient (Wildman–Crippen LogP) is 4.56. The van der Waals surface area contributed by atoms with Gasteiger partial charge in [-0.25, -0.2) is 0 Å². The molecule has 0 amide bonds. The molecule has 112 valence electrons. The molecule has 0 saturated carbocycles. The van der Waals surface area contributed by atoms with Gasteiger partial charge in [0.2, 0.25) is 0 Å². The molecule has 1 N–H and O–H groups in total. The molecule has 1 nitrogen and oxygen atoms in total. The first kappa shape index (κ1) is 16.6. The highest BCUT2D eigenvalue weighted by molar-refractivity contribution is 5.35. The minimum absolute atomic E-state index is 0.0745. The summed E-state index contributed by atoms with van der Waals surface area (Å²) in [6.07, 6.45) is -8.02. The largest absolute Gasteiger partial charge is 0.416 e. The van der Waals surface area contributed by atoms with Gasteiger partial charge in [0.05, 0.1) is 11.1 Å². The van der Waals surface area contributed by atoms with Gasteiger partial charge in [-0.15, -0.1) is 6.58 Å². The van der Waals surface area contributed by atoms with Gasteiger partial charge in [-0.2, -0.15) is 26.3 Å². The van der Waals surface area contributed by atoms with Crippen molar-refractivity contribution in [1.82, 2.24) is 5.32 Å². The summed E-state index contributed by atoms with van der Waals surface area (Å²) in [4.78, 5) is 0. The predicted molar refractivity (Wildman–Crippen MR) is 63.1 cm³/mol. The van der Waals surface area contributed by atoms with Crippen LogP contribution in [0.4, 0.5) is 26.3 Å². The lowest BCUT2D eigenvalue weighted by atomic mass is 9.97. The Bertz CT molecular complexity index is 442. The Morgan fingerprint density at radius 3 is 1.80 bits per heavy atom. The van der Waals surface area contributed by atoms with E-state index in [1.165, 1.54) is 13.1 Å². The second-order valence-corrected chi connectivity index (χ2v) is 4.20. The fraction of sp³-hybridized carbons (Fsp3) is 0.385. The van der Waals surface area contributed by atoms with E-state index in [1.807, 2.05) is 0 Å². The number of hydrogen-bond acceptors (Lipinski definition) is 1. The van der Waals surface area contributed by atoms with E-state index in [9.17, 15) is 26.3 Å². The summed E-state index contributed by atoms with van der Waals surface area (Å²) in [6.45, 7) is 3.43. The molecule has 0 spiro atoms. The van der Waals surface area contributed by atoms with Crippen LogP contribution in [0.5, 0.6) is 0 Å². The van der Waals surface area contributed by atoms with E-state index in [1.54, 1.807) is 0 Å². The van der Waals surface area contributed by atoms with E-state index < -0.39 is 29.5 Å². The maximum Gasteiger partial charge on any atom is 0.416 e. The monoisotopic (exact) mass is 297 g/mol. The van der Waals surface area contributed by atoms with Crippen LogP contribution in [0.25, 0.3) is 0 Å². The molecule has 0 fully saturated rings. The first-order valence-electron chi connectivity index (χ1n) is 5.67. The lowest BCUT2D eigenvalue weighted by Gasteiger charge is -2.19. The molecule has 0 aliphatic carbocycles. The molecule has 7 heteroatoms. The number of benzene rings is 1. The third-order valence-electron chi connectivity index (χ3n) is 2.76. The topological polar surface area (TPSA) is 12.0 Å². The number of halogens is 6. The van der Waals surface area contributed by atoms with Gasteiger partial charge >= 0.3 is 12.4 Å². The highest BCUT2D eigenvalue weighted by Gasteiger charge is 2.37. The van der Waals surface area contributed by atoms with Gasteiger partial charge in [-0.3, -0.25) is 0 Å². The normalized spacial score (nSPS) is 14.2. The molecule has 0 aromatic heterocycles. The second-order valence-electron chi connectivity index (χ2n) is 4.20. The van der Waals surface area contributed by atoms with Gasteiger partial charge in [-0.1, -0.05) is 6.08 Å². The standard InChI is InChI=1S/C13H13F6N/c1-3-4-11(20-2)8-5-9(12(14,15)16)7-10(6-8)13(17,18)19/h3,5-7,11,20H,1,4H2,2H3. The van der Waals surface area contributed by atoms with Gasteiger partial charge in [-0.05, 0) is 37.2 Å². The number of rotatable bonds is 4. The Balaban J connectivity index is 3.40. The zero-order valence-electron chi connectivity index (χ0n) is 10.6. The SMILES string of the molecule is C=CCC(NC)c1cc(C(F)(F)F)cc(C(F)(F)F)c1. The molecule has 0 aliphatic heterocycles. The van der Waals surface area contributed by atoms with Crippen LogP contribution in [-0.4, -0.2) is 7.05 Å². The fourth-order valence-corrected chi connectivity index (χ4v) is 1.77. The van der Waals surface area contributed by atoms with Crippen LogP contribution in [0.2, 0.25) is 0 Å². The molecule has 1 aromatic rings. The third kappa shape index (κ3) is 4.00. The van der Waals surface area contributed by atoms with Crippen LogP contribution in [0, 0.1) is 0 Å². The highest BCUT2D eigenvalue weighted by Crippen LogP contribution is 2.37. The Kier molecular flexibility index (Phi) is 4.86. The van der Waals surface area contributed by atoms with Crippen molar-refractivity contribution in [2.45, 2.75) is 24.8 Å². The van der Waals surface area contributed by atoms with Crippen molar-refractivity contribution in [3.05, 3.63) is 47.5 Å². The first-order chi connectivity index (χ1) is 9.09. The molecule has 20 heavy (non-hydrogen) atoms. The average molecular weight is 297 g/mol. The second kappa shape index (κ2) is 5.87. The molecule has 0 heterocycles. The van der Waals surface area contributed by atoms with Gasteiger partial charge in [0, 0.05) is 6.04 Å². The van der Waals surface area contributed by atoms with Crippen LogP contribution >= 0.6 is 0 Å². The Hall–Kier alpha value is -1.50. The molecule has 1 rings (SSSR count). The van der Waals surface area contributed by atoms with Crippen molar-refractivity contribution >= 4 is 0 Å². The van der Waals surface area contributed by atoms with Crippen molar-refractivity contribution < 1.29 is 26.3 Å². The minimum atomic E-state index is -4.83. The summed E-state index contributed by atoms with van der Waals surface area (Å²) in [7, 11) is 1.46. The fourth-order valence-electron chi connectivity index (χ4n) is 1.77. The van der Waals surface area contributed by atoms with Crippen LogP contribution < -0.4 is 5.32 Å². The van der Waals surface area contributed by atoms with Crippen molar-refractivity contribution in [3.63, 3.8) is 0 Å². The van der Waals surface area contributed by atoms with Crippen molar-refractivity contribution in [2.24, 2.45) is 0 Å². The van der Waals surface area contributed by atoms with Crippen LogP contribution in [0.1, 0.15) is 29.2 Å². The van der Waals surface area contributed by atoms with Gasteiger partial charge < -0.3 is 5.32 Å². The quantitative estimate of drug-likeness (QED) is 0.634. The summed E-state index contributed by atoms with van der Waals surface area (Å²) < 4.78 is 76.1. The summed E-state index contributed by atoms with van der Waals surface area (Å²) >= 11 is 0. The van der Waals surface area contributed by atoms with Gasteiger partial charge in [0.1, 0.15) is 0 Å². The maximum atomic E-state index is 12.7. The Labute approximate surface area is 112 Å². The van der Waals surface area contributed by atoms with Crippen LogP contribution in [0.15, 0.2) is 30.9 Å². The number of hydrogen-bond donors (Lipinski definition) is 1. The molecular formula is C13H13F6N. The van der Waals surface area contributed by atoms with E-state index >= 15 is 0 Å². The van der Waals surface area contributed by atoms with Crippen LogP contribution in [0.3, 0.4) is 0 Å². The lowest BCUT2D eigenvalue weighted by Crippen LogP contribution is -2.18. The summed E-state index contributed by atoms with van der Waals surface area (Å²) in [5.41, 5.74) is -2.70. The molecule has 1 unspecified atom stereocenters. The molecule has 0 bridgehead atoms. The summed E-state index contributed by atoms with van der Waals surface area (Å²) in [5.74, 6) is 0. The molecule has 0 saturated heterocycles. The van der Waals surface area contributed by atoms with E-state index in [0.29, 0.717) is 0 Å². The number of alkyl halides is 6. The summed E-state index contributed by atoms with van der Waals surface area (Å²) in [6, 6.07) is 0.903. The molecule has 1 aromatic carbocycles. The number of nitrogens with one attached hydrogen (secondary N) is 1. The third-order valence-corrected chi connectivity index (χ3v) is 2.76. The highest BCUT2D eigenvalue weighted by atomic mass is 19.4. The van der Waals surface area contributed by atoms with Crippen molar-refractivity contribution in [3.8, 4) is 0 Å². The smallest absolute Gasteiger partial charge is 0.313 e. The van der Waals surface area contributed by atoms with Gasteiger partial charge in [0.25, 0.3) is 0 Å². The maximum absolute atomic E-state index is 12.7. The lowest BCUT2D eigenvalue weighted by molar-refractivity contribution is -0.143. The minimum Gasteiger partial charge on any atom is -0.313 e. The van der Waals surface area contributed by atoms with Gasteiger partial charge in [0.15, 0.2) is 0 Å². The first-order valence-corrected chi connectivity index (χ1v) is 5.67. The van der Waals surface area contributed by atoms with E-state index in [-0.39, 0.29) is 18.1 Å². The van der Waals surface area contributed by atoms with E-state index in [4.69, 9.17) is 0 Å². The van der Waals surface area contributed by atoms with Crippen LogP contribution in [-0.2, 0) is 12.4 Å². The van der Waals surface area contributed by atoms with Crippen molar-refractivity contribution in [2.75, 3.05) is 7.05 Å². The van der Waals surface area contributed by atoms with Crippen molar-refractivity contribution in [1.29, 1.82) is 0 Å². The Morgan fingerprint density at radius 1 is 1.05 bits per heavy atom. The Morgan fingerprint density at radius 2 is 1.50 bits per heavy atom. The molecular weight excluding hydrogens is 284 g/mol.